The molecule has 0 fully saturated rings. The van der Waals surface area contributed by atoms with Gasteiger partial charge in [0.05, 0.1) is 0 Å². The fraction of sp³-hybridized carbons (Fsp3) is 0.235. The van der Waals surface area contributed by atoms with Crippen LogP contribution in [0.1, 0.15) is 28.4 Å². The van der Waals surface area contributed by atoms with E-state index in [-0.39, 0.29) is 22.3 Å². The highest BCUT2D eigenvalue weighted by molar-refractivity contribution is 5.96. The largest absolute Gasteiger partial charge is 0.425 e. The molecule has 1 amide bonds. The number of rotatable bonds is 2. The van der Waals surface area contributed by atoms with Crippen LogP contribution in [0.4, 0.5) is 13.2 Å². The van der Waals surface area contributed by atoms with Crippen molar-refractivity contribution in [3.05, 3.63) is 59.2 Å². The molecule has 3 nitrogen and oxygen atoms in total. The fourth-order valence-electron chi connectivity index (χ4n) is 2.97. The Kier molecular flexibility index (Phi) is 3.44. The third-order valence-electron chi connectivity index (χ3n) is 4.03. The molecule has 0 saturated carbocycles. The number of hydrogen-bond donors (Lipinski definition) is 2. The van der Waals surface area contributed by atoms with Gasteiger partial charge in [-0.05, 0) is 30.2 Å². The maximum Gasteiger partial charge on any atom is 0.425 e. The average Bonchev–Trinajstić information content (AvgIpc) is 2.78. The molecule has 1 aliphatic carbocycles. The minimum absolute atomic E-state index is 0.0843. The summed E-state index contributed by atoms with van der Waals surface area (Å²) in [5, 5.41) is 13.0. The van der Waals surface area contributed by atoms with Gasteiger partial charge < -0.3 is 10.4 Å². The van der Waals surface area contributed by atoms with E-state index in [0.29, 0.717) is 12.1 Å². The van der Waals surface area contributed by atoms with Crippen molar-refractivity contribution in [3.63, 3.8) is 0 Å². The lowest BCUT2D eigenvalue weighted by molar-refractivity contribution is -0.246. The Hall–Kier alpha value is -2.34. The summed E-state index contributed by atoms with van der Waals surface area (Å²) in [4.78, 5) is 11.9. The first kappa shape index (κ1) is 15.6. The molecule has 0 aromatic heterocycles. The second-order valence-electron chi connectivity index (χ2n) is 5.37. The molecule has 23 heavy (non-hydrogen) atoms. The molecule has 2 aromatic rings. The highest BCUT2D eigenvalue weighted by Crippen LogP contribution is 2.54. The Balaban J connectivity index is 2.25. The van der Waals surface area contributed by atoms with Gasteiger partial charge in [0.15, 0.2) is 0 Å². The highest BCUT2D eigenvalue weighted by atomic mass is 19.4. The molecule has 120 valence electrons. The number of amides is 1. The molecule has 6 heteroatoms. The maximum atomic E-state index is 13.6. The zero-order valence-corrected chi connectivity index (χ0v) is 12.2. The van der Waals surface area contributed by atoms with E-state index in [2.05, 4.69) is 5.32 Å². The lowest BCUT2D eigenvalue weighted by Crippen LogP contribution is -2.41. The predicted octanol–water partition coefficient (Wildman–Crippen LogP) is 3.21. The van der Waals surface area contributed by atoms with Crippen molar-refractivity contribution < 1.29 is 23.1 Å². The number of halogens is 3. The van der Waals surface area contributed by atoms with Crippen molar-refractivity contribution in [3.8, 4) is 11.1 Å². The molecule has 0 radical (unpaired) electrons. The Labute approximate surface area is 130 Å². The standard InChI is InChI=1S/C17H14F3NO2/c1-2-21-15(22)10-7-8-12-11-5-3-4-6-13(11)16(23,14(12)9-10)17(18,19)20/h3-9,23H,2H2,1H3,(H,21,22). The molecule has 0 aliphatic heterocycles. The zero-order chi connectivity index (χ0) is 16.8. The second kappa shape index (κ2) is 5.09. The number of hydrogen-bond acceptors (Lipinski definition) is 2. The van der Waals surface area contributed by atoms with E-state index in [1.54, 1.807) is 13.0 Å². The number of alkyl halides is 3. The number of benzene rings is 2. The van der Waals surface area contributed by atoms with Gasteiger partial charge in [-0.2, -0.15) is 13.2 Å². The highest BCUT2D eigenvalue weighted by Gasteiger charge is 2.60. The third-order valence-corrected chi connectivity index (χ3v) is 4.03. The molecule has 0 heterocycles. The summed E-state index contributed by atoms with van der Waals surface area (Å²) in [6.45, 7) is 2.08. The molecule has 2 N–H and O–H groups in total. The summed E-state index contributed by atoms with van der Waals surface area (Å²) in [6, 6.07) is 9.88. The number of carbonyl (C=O) groups excluding carboxylic acids is 1. The number of nitrogens with one attached hydrogen (secondary N) is 1. The fourth-order valence-corrected chi connectivity index (χ4v) is 2.97. The van der Waals surface area contributed by atoms with Gasteiger partial charge in [0, 0.05) is 23.2 Å². The van der Waals surface area contributed by atoms with Crippen molar-refractivity contribution in [1.29, 1.82) is 0 Å². The molecule has 0 spiro atoms. The van der Waals surface area contributed by atoms with Gasteiger partial charge in [-0.25, -0.2) is 0 Å². The van der Waals surface area contributed by atoms with E-state index in [9.17, 15) is 23.1 Å². The second-order valence-corrected chi connectivity index (χ2v) is 5.37. The van der Waals surface area contributed by atoms with Gasteiger partial charge in [-0.1, -0.05) is 30.3 Å². The summed E-state index contributed by atoms with van der Waals surface area (Å²) >= 11 is 0. The maximum absolute atomic E-state index is 13.6. The first-order valence-corrected chi connectivity index (χ1v) is 7.12. The van der Waals surface area contributed by atoms with Gasteiger partial charge in [0.1, 0.15) is 0 Å². The molecule has 1 atom stereocenters. The van der Waals surface area contributed by atoms with E-state index in [4.69, 9.17) is 0 Å². The third kappa shape index (κ3) is 2.13. The Bertz CT molecular complexity index is 786. The topological polar surface area (TPSA) is 49.3 Å². The summed E-state index contributed by atoms with van der Waals surface area (Å²) in [5.41, 5.74) is -2.94. The Morgan fingerprint density at radius 1 is 1.13 bits per heavy atom. The van der Waals surface area contributed by atoms with Gasteiger partial charge in [0.2, 0.25) is 5.60 Å². The predicted molar refractivity (Wildman–Crippen MR) is 78.9 cm³/mol. The van der Waals surface area contributed by atoms with Crippen LogP contribution in [0, 0.1) is 0 Å². The first-order valence-electron chi connectivity index (χ1n) is 7.12. The van der Waals surface area contributed by atoms with E-state index in [0.717, 1.165) is 6.07 Å². The minimum atomic E-state index is -4.89. The normalized spacial score (nSPS) is 19.2. The first-order chi connectivity index (χ1) is 10.8. The lowest BCUT2D eigenvalue weighted by atomic mass is 9.90. The average molecular weight is 321 g/mol. The van der Waals surface area contributed by atoms with E-state index in [1.807, 2.05) is 0 Å². The van der Waals surface area contributed by atoms with Crippen LogP contribution in [-0.4, -0.2) is 23.7 Å². The Morgan fingerprint density at radius 2 is 1.78 bits per heavy atom. The molecule has 1 aliphatic rings. The van der Waals surface area contributed by atoms with Gasteiger partial charge in [0.25, 0.3) is 5.91 Å². The molecule has 1 unspecified atom stereocenters. The van der Waals surface area contributed by atoms with Gasteiger partial charge in [-0.15, -0.1) is 0 Å². The molecule has 0 bridgehead atoms. The molecular weight excluding hydrogens is 307 g/mol. The van der Waals surface area contributed by atoms with Crippen molar-refractivity contribution in [2.24, 2.45) is 0 Å². The van der Waals surface area contributed by atoms with Crippen LogP contribution in [-0.2, 0) is 5.60 Å². The molecule has 0 saturated heterocycles. The van der Waals surface area contributed by atoms with Gasteiger partial charge >= 0.3 is 6.18 Å². The van der Waals surface area contributed by atoms with Crippen LogP contribution in [0.3, 0.4) is 0 Å². The van der Waals surface area contributed by atoms with Crippen molar-refractivity contribution in [2.45, 2.75) is 18.7 Å². The monoisotopic (exact) mass is 321 g/mol. The van der Waals surface area contributed by atoms with Crippen LogP contribution in [0.15, 0.2) is 42.5 Å². The summed E-state index contributed by atoms with van der Waals surface area (Å²) in [6.07, 6.45) is -4.89. The summed E-state index contributed by atoms with van der Waals surface area (Å²) in [7, 11) is 0. The number of aliphatic hydroxyl groups is 1. The SMILES string of the molecule is CCNC(=O)c1ccc2c(c1)C(O)(C(F)(F)F)c1ccccc1-2. The Morgan fingerprint density at radius 3 is 2.43 bits per heavy atom. The number of carbonyl (C=O) groups is 1. The lowest BCUT2D eigenvalue weighted by Gasteiger charge is -2.28. The van der Waals surface area contributed by atoms with Crippen LogP contribution >= 0.6 is 0 Å². The molecule has 3 rings (SSSR count). The quantitative estimate of drug-likeness (QED) is 0.892. The van der Waals surface area contributed by atoms with Crippen LogP contribution in [0.2, 0.25) is 0 Å². The van der Waals surface area contributed by atoms with Crippen molar-refractivity contribution in [2.75, 3.05) is 6.54 Å². The van der Waals surface area contributed by atoms with Gasteiger partial charge in [-0.3, -0.25) is 4.79 Å². The molecule has 2 aromatic carbocycles. The smallest absolute Gasteiger partial charge is 0.372 e. The van der Waals surface area contributed by atoms with Crippen molar-refractivity contribution in [1.82, 2.24) is 5.32 Å². The van der Waals surface area contributed by atoms with Crippen LogP contribution in [0.25, 0.3) is 11.1 Å². The summed E-state index contributed by atoms with van der Waals surface area (Å²) < 4.78 is 40.9. The molecular formula is C17H14F3NO2. The van der Waals surface area contributed by atoms with Crippen molar-refractivity contribution >= 4 is 5.91 Å². The summed E-state index contributed by atoms with van der Waals surface area (Å²) in [5.74, 6) is -0.476. The van der Waals surface area contributed by atoms with Crippen LogP contribution in [0.5, 0.6) is 0 Å². The van der Waals surface area contributed by atoms with E-state index in [1.165, 1.54) is 30.3 Å². The zero-order valence-electron chi connectivity index (χ0n) is 12.2. The van der Waals surface area contributed by atoms with E-state index >= 15 is 0 Å². The minimum Gasteiger partial charge on any atom is -0.372 e. The number of fused-ring (bicyclic) bond motifs is 3. The van der Waals surface area contributed by atoms with E-state index < -0.39 is 17.7 Å². The van der Waals surface area contributed by atoms with Crippen LogP contribution < -0.4 is 5.32 Å².